The van der Waals surface area contributed by atoms with E-state index in [4.69, 9.17) is 40.2 Å². The first-order chi connectivity index (χ1) is 12.9. The minimum Gasteiger partial charge on any atom is -0.483 e. The highest BCUT2D eigenvalue weighted by molar-refractivity contribution is 9.10. The summed E-state index contributed by atoms with van der Waals surface area (Å²) < 4.78 is 6.40. The molecule has 2 N–H and O–H groups in total. The molecule has 0 bridgehead atoms. The molecule has 0 aliphatic carbocycles. The van der Waals surface area contributed by atoms with Crippen LogP contribution in [0.1, 0.15) is 0 Å². The highest BCUT2D eigenvalue weighted by atomic mass is 79.9. The summed E-state index contributed by atoms with van der Waals surface area (Å²) in [6, 6.07) is 16.5. The first-order valence-electron chi connectivity index (χ1n) is 7.80. The number of carbonyl (C=O) groups excluding carboxylic acids is 1. The molecule has 138 valence electrons. The Morgan fingerprint density at radius 1 is 1.11 bits per heavy atom. The Morgan fingerprint density at radius 3 is 2.67 bits per heavy atom. The molecule has 0 radical (unpaired) electrons. The molecule has 1 amide bonds. The number of carbonyl (C=O) groups is 1. The van der Waals surface area contributed by atoms with Gasteiger partial charge in [0.15, 0.2) is 11.7 Å². The van der Waals surface area contributed by atoms with Gasteiger partial charge >= 0.3 is 0 Å². The van der Waals surface area contributed by atoms with Crippen LogP contribution in [0, 0.1) is 0 Å². The lowest BCUT2D eigenvalue weighted by molar-refractivity contribution is -0.121. The number of anilines is 1. The predicted octanol–water partition coefficient (Wildman–Crippen LogP) is 5.80. The molecule has 0 unspecified atom stereocenters. The highest BCUT2D eigenvalue weighted by Gasteiger charge is 2.11. The molecule has 3 aromatic rings. The second-order valence-corrected chi connectivity index (χ2v) is 7.56. The van der Waals surface area contributed by atoms with Gasteiger partial charge < -0.3 is 10.1 Å². The van der Waals surface area contributed by atoms with E-state index in [9.17, 15) is 4.79 Å². The van der Waals surface area contributed by atoms with E-state index in [1.807, 2.05) is 36.4 Å². The third-order valence-corrected chi connectivity index (χ3v) is 5.19. The molecule has 0 saturated heterocycles. The van der Waals surface area contributed by atoms with Crippen LogP contribution in [-0.2, 0) is 4.79 Å². The second kappa shape index (κ2) is 8.89. The number of ether oxygens (including phenoxy) is 1. The van der Waals surface area contributed by atoms with Gasteiger partial charge in [-0.05, 0) is 63.2 Å². The van der Waals surface area contributed by atoms with E-state index in [2.05, 4.69) is 26.6 Å². The van der Waals surface area contributed by atoms with Crippen LogP contribution in [0.2, 0.25) is 10.0 Å². The summed E-state index contributed by atoms with van der Waals surface area (Å²) >= 11 is 20.6. The molecule has 0 saturated carbocycles. The lowest BCUT2D eigenvalue weighted by atomic mass is 10.1. The fourth-order valence-electron chi connectivity index (χ4n) is 2.38. The molecule has 0 fully saturated rings. The number of thiocarbonyl (C=S) groups is 1. The van der Waals surface area contributed by atoms with Crippen LogP contribution in [0.25, 0.3) is 10.8 Å². The van der Waals surface area contributed by atoms with Gasteiger partial charge in [-0.25, -0.2) is 0 Å². The van der Waals surface area contributed by atoms with Gasteiger partial charge in [-0.2, -0.15) is 0 Å². The first-order valence-corrected chi connectivity index (χ1v) is 9.75. The second-order valence-electron chi connectivity index (χ2n) is 5.51. The summed E-state index contributed by atoms with van der Waals surface area (Å²) in [5, 5.41) is 8.50. The van der Waals surface area contributed by atoms with Crippen LogP contribution in [-0.4, -0.2) is 17.6 Å². The lowest BCUT2D eigenvalue weighted by Gasteiger charge is -2.13. The Bertz CT molecular complexity index is 1030. The van der Waals surface area contributed by atoms with Crippen molar-refractivity contribution in [3.8, 4) is 5.75 Å². The summed E-state index contributed by atoms with van der Waals surface area (Å²) in [7, 11) is 0. The number of halogens is 3. The molecule has 3 rings (SSSR count). The number of hydrogen-bond donors (Lipinski definition) is 2. The molecular weight excluding hydrogens is 471 g/mol. The zero-order valence-corrected chi connectivity index (χ0v) is 17.7. The van der Waals surface area contributed by atoms with Crippen LogP contribution in [0.5, 0.6) is 5.75 Å². The highest BCUT2D eigenvalue weighted by Crippen LogP contribution is 2.33. The first kappa shape index (κ1) is 19.9. The number of fused-ring (bicyclic) bond motifs is 1. The lowest BCUT2D eigenvalue weighted by Crippen LogP contribution is -2.37. The quantitative estimate of drug-likeness (QED) is 0.460. The van der Waals surface area contributed by atoms with Crippen molar-refractivity contribution in [3.63, 3.8) is 0 Å². The maximum absolute atomic E-state index is 12.1. The molecule has 4 nitrogen and oxygen atoms in total. The van der Waals surface area contributed by atoms with Gasteiger partial charge in [0.05, 0.1) is 15.2 Å². The van der Waals surface area contributed by atoms with Gasteiger partial charge in [-0.15, -0.1) is 0 Å². The predicted molar refractivity (Wildman–Crippen MR) is 118 cm³/mol. The van der Waals surface area contributed by atoms with Gasteiger partial charge in [0.1, 0.15) is 5.75 Å². The zero-order chi connectivity index (χ0) is 19.4. The minimum absolute atomic E-state index is 0.116. The average Bonchev–Trinajstić information content (AvgIpc) is 2.64. The number of hydrogen-bond acceptors (Lipinski definition) is 3. The zero-order valence-electron chi connectivity index (χ0n) is 13.8. The molecular formula is C19H13BrCl2N2O2S. The molecule has 27 heavy (non-hydrogen) atoms. The van der Waals surface area contributed by atoms with Crippen molar-refractivity contribution in [2.24, 2.45) is 0 Å². The van der Waals surface area contributed by atoms with E-state index < -0.39 is 5.91 Å². The van der Waals surface area contributed by atoms with E-state index in [1.165, 1.54) is 0 Å². The van der Waals surface area contributed by atoms with Gasteiger partial charge in [0, 0.05) is 5.02 Å². The number of rotatable bonds is 4. The summed E-state index contributed by atoms with van der Waals surface area (Å²) in [4.78, 5) is 12.1. The van der Waals surface area contributed by atoms with E-state index in [1.54, 1.807) is 18.2 Å². The third-order valence-electron chi connectivity index (χ3n) is 3.62. The number of benzene rings is 3. The van der Waals surface area contributed by atoms with E-state index in [-0.39, 0.29) is 11.7 Å². The Labute approximate surface area is 179 Å². The molecule has 3 aromatic carbocycles. The van der Waals surface area contributed by atoms with Crippen molar-refractivity contribution in [1.29, 1.82) is 0 Å². The van der Waals surface area contributed by atoms with Crippen LogP contribution in [0.4, 0.5) is 5.69 Å². The SMILES string of the molecule is O=C(COc1ccc2ccccc2c1Br)NC(=S)Nc1ccc(Cl)cc1Cl. The van der Waals surface area contributed by atoms with Crippen molar-refractivity contribution >= 4 is 78.8 Å². The summed E-state index contributed by atoms with van der Waals surface area (Å²) in [6.07, 6.45) is 0. The van der Waals surface area contributed by atoms with E-state index in [0.717, 1.165) is 15.2 Å². The van der Waals surface area contributed by atoms with E-state index in [0.29, 0.717) is 21.5 Å². The van der Waals surface area contributed by atoms with Crippen molar-refractivity contribution in [2.75, 3.05) is 11.9 Å². The van der Waals surface area contributed by atoms with Crippen LogP contribution < -0.4 is 15.4 Å². The van der Waals surface area contributed by atoms with Crippen molar-refractivity contribution in [1.82, 2.24) is 5.32 Å². The van der Waals surface area contributed by atoms with Gasteiger partial charge in [0.2, 0.25) is 0 Å². The van der Waals surface area contributed by atoms with Crippen LogP contribution in [0.15, 0.2) is 59.1 Å². The largest absolute Gasteiger partial charge is 0.483 e. The maximum atomic E-state index is 12.1. The Kier molecular flexibility index (Phi) is 6.55. The van der Waals surface area contributed by atoms with Gasteiger partial charge in [-0.3, -0.25) is 10.1 Å². The monoisotopic (exact) mass is 482 g/mol. The fraction of sp³-hybridized carbons (Fsp3) is 0.0526. The van der Waals surface area contributed by atoms with Crippen molar-refractivity contribution < 1.29 is 9.53 Å². The Balaban J connectivity index is 1.58. The standard InChI is InChI=1S/C19H13BrCl2N2O2S/c20-18-13-4-2-1-3-11(13)5-8-16(18)26-10-17(25)24-19(27)23-15-7-6-12(21)9-14(15)22/h1-9H,10H2,(H2,23,24,25,27). The molecule has 0 atom stereocenters. The summed E-state index contributed by atoms with van der Waals surface area (Å²) in [5.41, 5.74) is 0.546. The third kappa shape index (κ3) is 5.11. The minimum atomic E-state index is -0.391. The molecule has 8 heteroatoms. The Morgan fingerprint density at radius 2 is 1.89 bits per heavy atom. The van der Waals surface area contributed by atoms with E-state index >= 15 is 0 Å². The number of nitrogens with one attached hydrogen (secondary N) is 2. The van der Waals surface area contributed by atoms with Crippen LogP contribution in [0.3, 0.4) is 0 Å². The molecule has 0 aliphatic heterocycles. The fourth-order valence-corrected chi connectivity index (χ4v) is 3.66. The average molecular weight is 484 g/mol. The molecule has 0 heterocycles. The summed E-state index contributed by atoms with van der Waals surface area (Å²) in [5.74, 6) is 0.182. The van der Waals surface area contributed by atoms with Crippen molar-refractivity contribution in [2.45, 2.75) is 0 Å². The maximum Gasteiger partial charge on any atom is 0.264 e. The topological polar surface area (TPSA) is 50.4 Å². The Hall–Kier alpha value is -1.86. The van der Waals surface area contributed by atoms with Crippen molar-refractivity contribution in [3.05, 3.63) is 69.1 Å². The van der Waals surface area contributed by atoms with Gasteiger partial charge in [-0.1, -0.05) is 53.5 Å². The normalized spacial score (nSPS) is 10.5. The molecule has 0 aromatic heterocycles. The van der Waals surface area contributed by atoms with Crippen LogP contribution >= 0.6 is 51.3 Å². The molecule has 0 aliphatic rings. The van der Waals surface area contributed by atoms with Gasteiger partial charge in [0.25, 0.3) is 5.91 Å². The summed E-state index contributed by atoms with van der Waals surface area (Å²) in [6.45, 7) is -0.187. The number of amides is 1. The molecule has 0 spiro atoms. The smallest absolute Gasteiger partial charge is 0.264 e.